The van der Waals surface area contributed by atoms with E-state index in [9.17, 15) is 17.7 Å². The summed E-state index contributed by atoms with van der Waals surface area (Å²) >= 11 is 0. The topological polar surface area (TPSA) is 29.5 Å². The molecule has 0 bridgehead atoms. The third-order valence-corrected chi connectivity index (χ3v) is 1.63. The minimum atomic E-state index is -4.31. The molecule has 0 fully saturated rings. The molecule has 0 radical (unpaired) electrons. The summed E-state index contributed by atoms with van der Waals surface area (Å²) in [6.45, 7) is -0.487. The van der Waals surface area contributed by atoms with Gasteiger partial charge in [-0.15, -0.1) is 4.94 Å². The first-order valence-corrected chi connectivity index (χ1v) is 3.58. The van der Waals surface area contributed by atoms with Crippen LogP contribution in [0.5, 0.6) is 0 Å². The average Bonchev–Trinajstić information content (AvgIpc) is 2.17. The Kier molecular flexibility index (Phi) is 3.07. The Hall–Kier alpha value is -1.14. The normalized spacial score (nSPS) is 11.8. The molecule has 1 rings (SSSR count). The van der Waals surface area contributed by atoms with Crippen molar-refractivity contribution in [3.05, 3.63) is 35.1 Å². The Morgan fingerprint density at radius 2 is 2.00 bits per heavy atom. The van der Waals surface area contributed by atoms with Crippen molar-refractivity contribution in [1.82, 2.24) is 0 Å². The molecule has 78 valence electrons. The van der Waals surface area contributed by atoms with E-state index in [0.29, 0.717) is 12.1 Å². The molecule has 0 aliphatic rings. The summed E-state index contributed by atoms with van der Waals surface area (Å²) < 4.78 is 49.2. The van der Waals surface area contributed by atoms with Crippen molar-refractivity contribution in [2.24, 2.45) is 0 Å². The number of aliphatic hydroxyl groups excluding tert-OH is 1. The van der Waals surface area contributed by atoms with Crippen LogP contribution in [0.4, 0.5) is 17.7 Å². The molecule has 14 heavy (non-hydrogen) atoms. The summed E-state index contributed by atoms with van der Waals surface area (Å²) in [6.07, 6.45) is -4.31. The molecule has 0 heterocycles. The predicted molar refractivity (Wildman–Crippen MR) is 38.4 cm³/mol. The molecule has 0 aliphatic heterocycles. The molecule has 1 N–H and O–H groups in total. The van der Waals surface area contributed by atoms with E-state index in [1.165, 1.54) is 0 Å². The SMILES string of the molecule is OCc1ccc(C(F)(F)OF)c(F)c1. The van der Waals surface area contributed by atoms with Crippen LogP contribution < -0.4 is 0 Å². The van der Waals surface area contributed by atoms with Crippen molar-refractivity contribution in [1.29, 1.82) is 0 Å². The highest BCUT2D eigenvalue weighted by Crippen LogP contribution is 2.31. The standard InChI is InChI=1S/C8H6F4O2/c9-7-3-5(4-13)1-2-6(7)8(10,11)14-12/h1-3,13H,4H2. The van der Waals surface area contributed by atoms with Crippen LogP contribution in [-0.2, 0) is 17.7 Å². The molecule has 0 saturated carbocycles. The summed E-state index contributed by atoms with van der Waals surface area (Å²) in [5.74, 6) is -1.33. The van der Waals surface area contributed by atoms with E-state index in [0.717, 1.165) is 6.07 Å². The first kappa shape index (κ1) is 10.9. The lowest BCUT2D eigenvalue weighted by molar-refractivity contribution is -0.365. The molecule has 0 aliphatic carbocycles. The van der Waals surface area contributed by atoms with Crippen LogP contribution in [0.25, 0.3) is 0 Å². The summed E-state index contributed by atoms with van der Waals surface area (Å²) in [5.41, 5.74) is -1.10. The number of hydrogen-bond donors (Lipinski definition) is 1. The fourth-order valence-electron chi connectivity index (χ4n) is 0.935. The molecule has 0 aromatic heterocycles. The van der Waals surface area contributed by atoms with Gasteiger partial charge in [0, 0.05) is 0 Å². The smallest absolute Gasteiger partial charge is 0.392 e. The highest BCUT2D eigenvalue weighted by atomic mass is 19.4. The van der Waals surface area contributed by atoms with Gasteiger partial charge in [-0.3, -0.25) is 0 Å². The first-order chi connectivity index (χ1) is 6.51. The molecule has 1 aromatic carbocycles. The van der Waals surface area contributed by atoms with Gasteiger partial charge < -0.3 is 5.11 Å². The van der Waals surface area contributed by atoms with Crippen LogP contribution >= 0.6 is 0 Å². The maximum Gasteiger partial charge on any atom is 0.415 e. The van der Waals surface area contributed by atoms with E-state index in [4.69, 9.17) is 5.11 Å². The number of rotatable bonds is 3. The lowest BCUT2D eigenvalue weighted by atomic mass is 10.1. The van der Waals surface area contributed by atoms with Gasteiger partial charge in [0.15, 0.2) is 0 Å². The second kappa shape index (κ2) is 3.93. The minimum Gasteiger partial charge on any atom is -0.392 e. The van der Waals surface area contributed by atoms with Crippen molar-refractivity contribution >= 4 is 0 Å². The fourth-order valence-corrected chi connectivity index (χ4v) is 0.935. The maximum atomic E-state index is 12.9. The lowest BCUT2D eigenvalue weighted by Gasteiger charge is -2.11. The number of alkyl halides is 2. The van der Waals surface area contributed by atoms with E-state index < -0.39 is 24.1 Å². The zero-order chi connectivity index (χ0) is 10.8. The van der Waals surface area contributed by atoms with E-state index >= 15 is 0 Å². The van der Waals surface area contributed by atoms with Gasteiger partial charge in [0.2, 0.25) is 0 Å². The fraction of sp³-hybridized carbons (Fsp3) is 0.250. The quantitative estimate of drug-likeness (QED) is 0.775. The number of hydrogen-bond acceptors (Lipinski definition) is 2. The maximum absolute atomic E-state index is 12.9. The van der Waals surface area contributed by atoms with Gasteiger partial charge in [-0.2, -0.15) is 8.78 Å². The second-order valence-electron chi connectivity index (χ2n) is 2.57. The lowest BCUT2D eigenvalue weighted by Crippen LogP contribution is -2.16. The number of halogens is 4. The van der Waals surface area contributed by atoms with Crippen molar-refractivity contribution < 1.29 is 27.7 Å². The van der Waals surface area contributed by atoms with Crippen molar-refractivity contribution in [2.75, 3.05) is 0 Å². The summed E-state index contributed by atoms with van der Waals surface area (Å²) in [7, 11) is 0. The Morgan fingerprint density at radius 3 is 2.43 bits per heavy atom. The summed E-state index contributed by atoms with van der Waals surface area (Å²) in [5, 5.41) is 8.55. The monoisotopic (exact) mass is 210 g/mol. The number of benzene rings is 1. The first-order valence-electron chi connectivity index (χ1n) is 3.58. The summed E-state index contributed by atoms with van der Waals surface area (Å²) in [6, 6.07) is 2.38. The van der Waals surface area contributed by atoms with Crippen LogP contribution in [0, 0.1) is 5.82 Å². The zero-order valence-electron chi connectivity index (χ0n) is 6.81. The van der Waals surface area contributed by atoms with Gasteiger partial charge in [-0.05, 0) is 22.2 Å². The Balaban J connectivity index is 3.12. The molecular formula is C8H6F4O2. The molecule has 1 aromatic rings. The third-order valence-electron chi connectivity index (χ3n) is 1.63. The van der Waals surface area contributed by atoms with Crippen LogP contribution in [0.2, 0.25) is 0 Å². The minimum absolute atomic E-state index is 0.112. The zero-order valence-corrected chi connectivity index (χ0v) is 6.81. The molecule has 0 spiro atoms. The van der Waals surface area contributed by atoms with Gasteiger partial charge in [-0.25, -0.2) is 4.39 Å². The Labute approximate surface area is 76.6 Å². The van der Waals surface area contributed by atoms with Gasteiger partial charge in [0.25, 0.3) is 0 Å². The van der Waals surface area contributed by atoms with Crippen LogP contribution in [0.3, 0.4) is 0 Å². The Morgan fingerprint density at radius 1 is 1.36 bits per heavy atom. The van der Waals surface area contributed by atoms with Crippen molar-refractivity contribution in [3.63, 3.8) is 0 Å². The molecule has 0 saturated heterocycles. The molecular weight excluding hydrogens is 204 g/mol. The highest BCUT2D eigenvalue weighted by molar-refractivity contribution is 5.26. The second-order valence-corrected chi connectivity index (χ2v) is 2.57. The van der Waals surface area contributed by atoms with Crippen LogP contribution in [-0.4, -0.2) is 5.11 Å². The van der Waals surface area contributed by atoms with Gasteiger partial charge in [0.05, 0.1) is 12.2 Å². The molecule has 0 atom stereocenters. The Bertz CT molecular complexity index is 327. The molecule has 6 heteroatoms. The third kappa shape index (κ3) is 2.02. The van der Waals surface area contributed by atoms with Crippen molar-refractivity contribution in [2.45, 2.75) is 12.7 Å². The average molecular weight is 210 g/mol. The van der Waals surface area contributed by atoms with Crippen LogP contribution in [0.1, 0.15) is 11.1 Å². The molecule has 0 unspecified atom stereocenters. The largest absolute Gasteiger partial charge is 0.415 e. The van der Waals surface area contributed by atoms with Crippen LogP contribution in [0.15, 0.2) is 18.2 Å². The van der Waals surface area contributed by atoms with Crippen molar-refractivity contribution in [3.8, 4) is 0 Å². The number of aliphatic hydroxyl groups is 1. The molecule has 2 nitrogen and oxygen atoms in total. The highest BCUT2D eigenvalue weighted by Gasteiger charge is 2.37. The van der Waals surface area contributed by atoms with Gasteiger partial charge in [-0.1, -0.05) is 6.07 Å². The van der Waals surface area contributed by atoms with E-state index in [2.05, 4.69) is 4.94 Å². The van der Waals surface area contributed by atoms with E-state index in [-0.39, 0.29) is 5.56 Å². The van der Waals surface area contributed by atoms with Gasteiger partial charge in [0.1, 0.15) is 5.82 Å². The summed E-state index contributed by atoms with van der Waals surface area (Å²) in [4.78, 5) is 2.34. The van der Waals surface area contributed by atoms with Gasteiger partial charge >= 0.3 is 6.11 Å². The predicted octanol–water partition coefficient (Wildman–Crippen LogP) is 2.27. The van der Waals surface area contributed by atoms with E-state index in [1.54, 1.807) is 0 Å². The van der Waals surface area contributed by atoms with E-state index in [1.807, 2.05) is 0 Å². The molecule has 0 amide bonds.